The van der Waals surface area contributed by atoms with Crippen molar-refractivity contribution in [1.29, 1.82) is 0 Å². The maximum Gasteiger partial charge on any atom is 0.573 e. The molecule has 4 nitrogen and oxygen atoms in total. The molecule has 1 aromatic carbocycles. The van der Waals surface area contributed by atoms with Crippen LogP contribution in [-0.4, -0.2) is 36.2 Å². The minimum absolute atomic E-state index is 0.334. The van der Waals surface area contributed by atoms with Gasteiger partial charge in [0.05, 0.1) is 0 Å². The van der Waals surface area contributed by atoms with Gasteiger partial charge in [0.2, 0.25) is 0 Å². The minimum Gasteiger partial charge on any atom is -0.406 e. The number of halogens is 4. The van der Waals surface area contributed by atoms with Gasteiger partial charge in [-0.25, -0.2) is 4.79 Å². The van der Waals surface area contributed by atoms with Gasteiger partial charge in [-0.2, -0.15) is 0 Å². The van der Waals surface area contributed by atoms with Crippen molar-refractivity contribution in [2.45, 2.75) is 6.36 Å². The van der Waals surface area contributed by atoms with Crippen molar-refractivity contribution >= 4 is 27.6 Å². The Labute approximate surface area is 116 Å². The Balaban J connectivity index is 2.59. The Bertz CT molecular complexity index is 423. The number of anilines is 1. The number of hydrogen-bond acceptors (Lipinski definition) is 2. The predicted molar refractivity (Wildman–Crippen MR) is 68.6 cm³/mol. The molecule has 0 aliphatic rings. The summed E-state index contributed by atoms with van der Waals surface area (Å²) in [7, 11) is 1.61. The maximum atomic E-state index is 11.9. The molecule has 1 N–H and O–H groups in total. The topological polar surface area (TPSA) is 41.6 Å². The number of benzene rings is 1. The fourth-order valence-corrected chi connectivity index (χ4v) is 1.72. The minimum atomic E-state index is -4.72. The molecule has 0 radical (unpaired) electrons. The van der Waals surface area contributed by atoms with Crippen molar-refractivity contribution < 1.29 is 22.7 Å². The molecular weight excluding hydrogens is 329 g/mol. The Morgan fingerprint density at radius 2 is 1.95 bits per heavy atom. The molecule has 1 rings (SSSR count). The number of urea groups is 1. The van der Waals surface area contributed by atoms with Gasteiger partial charge in [-0.05, 0) is 24.3 Å². The van der Waals surface area contributed by atoms with Crippen molar-refractivity contribution in [3.8, 4) is 5.75 Å². The van der Waals surface area contributed by atoms with Gasteiger partial charge in [0.25, 0.3) is 0 Å². The van der Waals surface area contributed by atoms with E-state index in [1.807, 2.05) is 0 Å². The lowest BCUT2D eigenvalue weighted by Crippen LogP contribution is -2.32. The zero-order valence-electron chi connectivity index (χ0n) is 10.00. The van der Waals surface area contributed by atoms with Crippen molar-refractivity contribution in [3.63, 3.8) is 0 Å². The molecule has 0 aliphatic carbocycles. The van der Waals surface area contributed by atoms with Gasteiger partial charge in [0.1, 0.15) is 5.75 Å². The van der Waals surface area contributed by atoms with Crippen LogP contribution in [0.1, 0.15) is 0 Å². The van der Waals surface area contributed by atoms with E-state index in [4.69, 9.17) is 0 Å². The highest BCUT2D eigenvalue weighted by Gasteiger charge is 2.30. The van der Waals surface area contributed by atoms with Gasteiger partial charge in [0, 0.05) is 24.6 Å². The molecule has 0 aliphatic heterocycles. The molecule has 106 valence electrons. The highest BCUT2D eigenvalue weighted by Crippen LogP contribution is 2.23. The second-order valence-corrected chi connectivity index (χ2v) is 4.41. The third kappa shape index (κ3) is 5.82. The van der Waals surface area contributed by atoms with E-state index in [0.717, 1.165) is 12.1 Å². The number of carbonyl (C=O) groups is 1. The van der Waals surface area contributed by atoms with E-state index in [1.54, 1.807) is 7.05 Å². The first kappa shape index (κ1) is 15.6. The Morgan fingerprint density at radius 3 is 2.42 bits per heavy atom. The molecule has 8 heteroatoms. The number of rotatable bonds is 4. The zero-order chi connectivity index (χ0) is 14.5. The van der Waals surface area contributed by atoms with Crippen LogP contribution in [0.5, 0.6) is 5.75 Å². The summed E-state index contributed by atoms with van der Waals surface area (Å²) in [5, 5.41) is 3.18. The summed E-state index contributed by atoms with van der Waals surface area (Å²) in [6.45, 7) is 0.515. The molecule has 0 spiro atoms. The summed E-state index contributed by atoms with van der Waals surface area (Å²) < 4.78 is 39.5. The van der Waals surface area contributed by atoms with Crippen molar-refractivity contribution in [2.24, 2.45) is 0 Å². The van der Waals surface area contributed by atoms with E-state index in [0.29, 0.717) is 17.6 Å². The number of nitrogens with zero attached hydrogens (tertiary/aromatic N) is 1. The van der Waals surface area contributed by atoms with Gasteiger partial charge >= 0.3 is 12.4 Å². The number of amides is 2. The van der Waals surface area contributed by atoms with Crippen LogP contribution in [0, 0.1) is 0 Å². The number of hydrogen-bond donors (Lipinski definition) is 1. The molecular formula is C11H12BrF3N2O2. The van der Waals surface area contributed by atoms with Gasteiger partial charge in [-0.3, -0.25) is 0 Å². The van der Waals surface area contributed by atoms with Crippen LogP contribution in [0.25, 0.3) is 0 Å². The van der Waals surface area contributed by atoms with E-state index in [1.165, 1.54) is 17.0 Å². The van der Waals surface area contributed by atoms with Gasteiger partial charge in [-0.1, -0.05) is 15.9 Å². The molecule has 0 heterocycles. The highest BCUT2D eigenvalue weighted by molar-refractivity contribution is 9.09. The summed E-state index contributed by atoms with van der Waals surface area (Å²) in [4.78, 5) is 13.0. The number of ether oxygens (including phenoxy) is 1. The third-order valence-corrected chi connectivity index (χ3v) is 2.46. The van der Waals surface area contributed by atoms with Gasteiger partial charge in [-0.15, -0.1) is 13.2 Å². The first-order valence-corrected chi connectivity index (χ1v) is 6.38. The predicted octanol–water partition coefficient (Wildman–Crippen LogP) is 3.44. The van der Waals surface area contributed by atoms with Gasteiger partial charge < -0.3 is 15.0 Å². The number of alkyl halides is 4. The largest absolute Gasteiger partial charge is 0.573 e. The molecule has 0 bridgehead atoms. The van der Waals surface area contributed by atoms with Crippen LogP contribution in [0.15, 0.2) is 24.3 Å². The van der Waals surface area contributed by atoms with Crippen LogP contribution in [-0.2, 0) is 0 Å². The summed E-state index contributed by atoms with van der Waals surface area (Å²) >= 11 is 3.20. The molecule has 19 heavy (non-hydrogen) atoms. The fourth-order valence-electron chi connectivity index (χ4n) is 1.19. The van der Waals surface area contributed by atoms with Crippen LogP contribution < -0.4 is 10.1 Å². The second-order valence-electron chi connectivity index (χ2n) is 3.61. The first-order valence-electron chi connectivity index (χ1n) is 5.25. The molecule has 1 aromatic rings. The molecule has 0 aromatic heterocycles. The van der Waals surface area contributed by atoms with Crippen molar-refractivity contribution in [2.75, 3.05) is 24.2 Å². The quantitative estimate of drug-likeness (QED) is 0.853. The smallest absolute Gasteiger partial charge is 0.406 e. The maximum absolute atomic E-state index is 11.9. The Hall–Kier alpha value is -1.44. The second kappa shape index (κ2) is 6.65. The number of nitrogens with one attached hydrogen (secondary N) is 1. The van der Waals surface area contributed by atoms with Crippen LogP contribution in [0.2, 0.25) is 0 Å². The van der Waals surface area contributed by atoms with Crippen LogP contribution in [0.4, 0.5) is 23.7 Å². The molecule has 0 atom stereocenters. The van der Waals surface area contributed by atoms with Crippen molar-refractivity contribution in [3.05, 3.63) is 24.3 Å². The average molecular weight is 341 g/mol. The molecule has 0 saturated heterocycles. The van der Waals surface area contributed by atoms with Gasteiger partial charge in [0.15, 0.2) is 0 Å². The molecule has 0 fully saturated rings. The van der Waals surface area contributed by atoms with E-state index < -0.39 is 6.36 Å². The molecule has 0 saturated carbocycles. The van der Waals surface area contributed by atoms with E-state index in [-0.39, 0.29) is 11.8 Å². The van der Waals surface area contributed by atoms with Crippen LogP contribution in [0.3, 0.4) is 0 Å². The monoisotopic (exact) mass is 340 g/mol. The van der Waals surface area contributed by atoms with E-state index in [9.17, 15) is 18.0 Å². The van der Waals surface area contributed by atoms with Crippen LogP contribution >= 0.6 is 15.9 Å². The normalized spacial score (nSPS) is 11.0. The first-order chi connectivity index (χ1) is 8.81. The summed E-state index contributed by atoms with van der Waals surface area (Å²) in [5.74, 6) is -0.334. The Morgan fingerprint density at radius 1 is 1.37 bits per heavy atom. The van der Waals surface area contributed by atoms with Crippen molar-refractivity contribution in [1.82, 2.24) is 4.90 Å². The lowest BCUT2D eigenvalue weighted by Gasteiger charge is -2.16. The molecule has 0 unspecified atom stereocenters. The standard InChI is InChI=1S/C11H12BrF3N2O2/c1-17(7-6-12)10(18)16-8-2-4-9(5-3-8)19-11(13,14)15/h2-5H,6-7H2,1H3,(H,16,18). The lowest BCUT2D eigenvalue weighted by molar-refractivity contribution is -0.274. The number of carbonyl (C=O) groups excluding carboxylic acids is 1. The molecule has 2 amide bonds. The zero-order valence-corrected chi connectivity index (χ0v) is 11.6. The average Bonchev–Trinajstić information content (AvgIpc) is 2.30. The van der Waals surface area contributed by atoms with E-state index in [2.05, 4.69) is 26.0 Å². The fraction of sp³-hybridized carbons (Fsp3) is 0.364. The summed E-state index contributed by atoms with van der Waals surface area (Å²) in [6, 6.07) is 4.59. The lowest BCUT2D eigenvalue weighted by atomic mass is 10.3. The van der Waals surface area contributed by atoms with E-state index >= 15 is 0 Å². The highest BCUT2D eigenvalue weighted by atomic mass is 79.9. The SMILES string of the molecule is CN(CCBr)C(=O)Nc1ccc(OC(F)(F)F)cc1. The summed E-state index contributed by atoms with van der Waals surface area (Å²) in [6.07, 6.45) is -4.72. The summed E-state index contributed by atoms with van der Waals surface area (Å²) in [5.41, 5.74) is 0.390. The third-order valence-electron chi connectivity index (χ3n) is 2.11. The Kier molecular flexibility index (Phi) is 5.46.